The quantitative estimate of drug-likeness (QED) is 0.656. The zero-order valence-corrected chi connectivity index (χ0v) is 8.72. The second kappa shape index (κ2) is 4.71. The van der Waals surface area contributed by atoms with Crippen LogP contribution in [0.15, 0.2) is 64.3 Å². The van der Waals surface area contributed by atoms with Gasteiger partial charge in [-0.05, 0) is 23.3 Å². The van der Waals surface area contributed by atoms with E-state index in [2.05, 4.69) is 21.9 Å². The van der Waals surface area contributed by atoms with Crippen molar-refractivity contribution in [3.8, 4) is 11.1 Å². The molecule has 0 aromatic heterocycles. The standard InChI is InChI=1S/C12H9ClN2/c13-15-14-12-8-4-7-11(9-12)10-5-2-1-3-6-10/h1-9H/b15-14-. The Labute approximate surface area is 93.4 Å². The Morgan fingerprint density at radius 2 is 1.53 bits per heavy atom. The van der Waals surface area contributed by atoms with Gasteiger partial charge < -0.3 is 0 Å². The molecule has 0 saturated heterocycles. The molecular weight excluding hydrogens is 208 g/mol. The van der Waals surface area contributed by atoms with E-state index in [4.69, 9.17) is 11.8 Å². The van der Waals surface area contributed by atoms with Crippen LogP contribution in [-0.4, -0.2) is 0 Å². The normalized spacial score (nSPS) is 10.7. The van der Waals surface area contributed by atoms with Gasteiger partial charge in [-0.1, -0.05) is 47.1 Å². The minimum Gasteiger partial charge on any atom is -0.138 e. The summed E-state index contributed by atoms with van der Waals surface area (Å²) in [5, 5.41) is 3.78. The van der Waals surface area contributed by atoms with E-state index in [-0.39, 0.29) is 0 Å². The predicted molar refractivity (Wildman–Crippen MR) is 62.2 cm³/mol. The summed E-state index contributed by atoms with van der Waals surface area (Å²) < 4.78 is 3.24. The van der Waals surface area contributed by atoms with Gasteiger partial charge in [0.2, 0.25) is 0 Å². The summed E-state index contributed by atoms with van der Waals surface area (Å²) in [6.45, 7) is 0. The Hall–Kier alpha value is -1.67. The summed E-state index contributed by atoms with van der Waals surface area (Å²) in [6, 6.07) is 17.9. The highest BCUT2D eigenvalue weighted by Crippen LogP contribution is 2.23. The molecule has 0 heterocycles. The van der Waals surface area contributed by atoms with Crippen molar-refractivity contribution in [3.63, 3.8) is 0 Å². The maximum atomic E-state index is 5.19. The summed E-state index contributed by atoms with van der Waals surface area (Å²) in [5.41, 5.74) is 3.02. The fourth-order valence-corrected chi connectivity index (χ4v) is 1.51. The number of nitrogens with zero attached hydrogens (tertiary/aromatic N) is 2. The highest BCUT2D eigenvalue weighted by Gasteiger charge is 1.97. The fourth-order valence-electron chi connectivity index (χ4n) is 1.42. The molecule has 0 fully saturated rings. The van der Waals surface area contributed by atoms with Crippen molar-refractivity contribution >= 4 is 17.5 Å². The first kappa shape index (κ1) is 9.87. The predicted octanol–water partition coefficient (Wildman–Crippen LogP) is 4.59. The molecule has 0 amide bonds. The van der Waals surface area contributed by atoms with Crippen molar-refractivity contribution in [2.24, 2.45) is 9.75 Å². The lowest BCUT2D eigenvalue weighted by Crippen LogP contribution is -1.75. The third-order valence-corrected chi connectivity index (χ3v) is 2.18. The maximum absolute atomic E-state index is 5.19. The molecule has 0 bridgehead atoms. The van der Waals surface area contributed by atoms with Gasteiger partial charge in [-0.15, -0.1) is 5.11 Å². The van der Waals surface area contributed by atoms with Crippen LogP contribution >= 0.6 is 11.8 Å². The molecule has 2 nitrogen and oxygen atoms in total. The summed E-state index contributed by atoms with van der Waals surface area (Å²) in [4.78, 5) is 0. The van der Waals surface area contributed by atoms with Gasteiger partial charge in [0.05, 0.1) is 17.5 Å². The third-order valence-electron chi connectivity index (χ3n) is 2.11. The third kappa shape index (κ3) is 2.42. The van der Waals surface area contributed by atoms with E-state index >= 15 is 0 Å². The van der Waals surface area contributed by atoms with Crippen LogP contribution in [-0.2, 0) is 0 Å². The zero-order valence-electron chi connectivity index (χ0n) is 7.97. The van der Waals surface area contributed by atoms with Gasteiger partial charge >= 0.3 is 0 Å². The Balaban J connectivity index is 2.41. The van der Waals surface area contributed by atoms with Crippen LogP contribution in [0.4, 0.5) is 5.69 Å². The average molecular weight is 217 g/mol. The molecule has 2 aromatic rings. The summed E-state index contributed by atoms with van der Waals surface area (Å²) >= 11 is 5.19. The smallest absolute Gasteiger partial charge is 0.0874 e. The lowest BCUT2D eigenvalue weighted by molar-refractivity contribution is 1.33. The highest BCUT2D eigenvalue weighted by molar-refractivity contribution is 6.14. The molecule has 2 aromatic carbocycles. The largest absolute Gasteiger partial charge is 0.138 e. The molecule has 2 rings (SSSR count). The Bertz CT molecular complexity index is 466. The van der Waals surface area contributed by atoms with Crippen LogP contribution in [0.3, 0.4) is 0 Å². The molecule has 0 saturated carbocycles. The SMILES string of the molecule is Cl/N=N\c1cccc(-c2ccccc2)c1. The molecule has 0 N–H and O–H groups in total. The number of hydrogen-bond acceptors (Lipinski definition) is 2. The lowest BCUT2D eigenvalue weighted by atomic mass is 10.1. The van der Waals surface area contributed by atoms with Gasteiger partial charge in [-0.25, -0.2) is 0 Å². The first-order valence-corrected chi connectivity index (χ1v) is 4.91. The van der Waals surface area contributed by atoms with Gasteiger partial charge in [0.1, 0.15) is 0 Å². The van der Waals surface area contributed by atoms with Crippen LogP contribution in [0.2, 0.25) is 0 Å². The monoisotopic (exact) mass is 216 g/mol. The first-order valence-electron chi connectivity index (χ1n) is 4.57. The van der Waals surface area contributed by atoms with E-state index in [9.17, 15) is 0 Å². The number of halogens is 1. The van der Waals surface area contributed by atoms with Gasteiger partial charge in [0.25, 0.3) is 0 Å². The minimum atomic E-state index is 0.756. The van der Waals surface area contributed by atoms with E-state index < -0.39 is 0 Å². The molecule has 0 unspecified atom stereocenters. The van der Waals surface area contributed by atoms with E-state index in [1.807, 2.05) is 42.5 Å². The molecule has 15 heavy (non-hydrogen) atoms. The van der Waals surface area contributed by atoms with E-state index in [0.29, 0.717) is 0 Å². The van der Waals surface area contributed by atoms with Crippen LogP contribution in [0, 0.1) is 0 Å². The van der Waals surface area contributed by atoms with Crippen LogP contribution in [0.5, 0.6) is 0 Å². The Kier molecular flexibility index (Phi) is 3.10. The first-order chi connectivity index (χ1) is 7.40. The maximum Gasteiger partial charge on any atom is 0.0874 e. The molecular formula is C12H9ClN2. The molecule has 0 aliphatic carbocycles. The molecule has 0 aliphatic heterocycles. The average Bonchev–Trinajstić information content (AvgIpc) is 2.31. The topological polar surface area (TPSA) is 24.7 Å². The van der Waals surface area contributed by atoms with Crippen LogP contribution in [0.1, 0.15) is 0 Å². The van der Waals surface area contributed by atoms with Gasteiger partial charge in [0.15, 0.2) is 0 Å². The Morgan fingerprint density at radius 3 is 2.27 bits per heavy atom. The van der Waals surface area contributed by atoms with Gasteiger partial charge in [-0.3, -0.25) is 0 Å². The summed E-state index contributed by atoms with van der Waals surface area (Å²) in [5.74, 6) is 0. The van der Waals surface area contributed by atoms with Gasteiger partial charge in [-0.2, -0.15) is 0 Å². The molecule has 0 spiro atoms. The second-order valence-electron chi connectivity index (χ2n) is 3.09. The molecule has 0 radical (unpaired) electrons. The summed E-state index contributed by atoms with van der Waals surface area (Å²) in [7, 11) is 0. The van der Waals surface area contributed by atoms with E-state index in [0.717, 1.165) is 16.8 Å². The molecule has 0 aliphatic rings. The Morgan fingerprint density at radius 1 is 0.800 bits per heavy atom. The van der Waals surface area contributed by atoms with Crippen molar-refractivity contribution < 1.29 is 0 Å². The second-order valence-corrected chi connectivity index (χ2v) is 3.24. The number of hydrogen-bond donors (Lipinski definition) is 0. The lowest BCUT2D eigenvalue weighted by Gasteiger charge is -2.01. The van der Waals surface area contributed by atoms with Gasteiger partial charge in [0, 0.05) is 0 Å². The van der Waals surface area contributed by atoms with Crippen molar-refractivity contribution in [1.29, 1.82) is 0 Å². The van der Waals surface area contributed by atoms with Crippen molar-refractivity contribution in [2.75, 3.05) is 0 Å². The van der Waals surface area contributed by atoms with Crippen molar-refractivity contribution in [3.05, 3.63) is 54.6 Å². The van der Waals surface area contributed by atoms with Crippen molar-refractivity contribution in [1.82, 2.24) is 0 Å². The molecule has 74 valence electrons. The number of benzene rings is 2. The highest BCUT2D eigenvalue weighted by atomic mass is 35.5. The van der Waals surface area contributed by atoms with E-state index in [1.54, 1.807) is 0 Å². The number of rotatable bonds is 2. The van der Waals surface area contributed by atoms with E-state index in [1.165, 1.54) is 0 Å². The van der Waals surface area contributed by atoms with Crippen LogP contribution in [0.25, 0.3) is 11.1 Å². The zero-order chi connectivity index (χ0) is 10.5. The molecule has 0 atom stereocenters. The summed E-state index contributed by atoms with van der Waals surface area (Å²) in [6.07, 6.45) is 0. The molecule has 3 heteroatoms. The van der Waals surface area contributed by atoms with Crippen molar-refractivity contribution in [2.45, 2.75) is 0 Å². The fraction of sp³-hybridized carbons (Fsp3) is 0. The minimum absolute atomic E-state index is 0.756. The van der Waals surface area contributed by atoms with Crippen LogP contribution < -0.4 is 0 Å².